The third kappa shape index (κ3) is 7.66. The summed E-state index contributed by atoms with van der Waals surface area (Å²) in [7, 11) is 0. The van der Waals surface area contributed by atoms with Crippen molar-refractivity contribution in [2.45, 2.75) is 78.6 Å². The first-order chi connectivity index (χ1) is 9.39. The van der Waals surface area contributed by atoms with E-state index in [1.54, 1.807) is 13.8 Å². The first-order valence-corrected chi connectivity index (χ1v) is 7.86. The van der Waals surface area contributed by atoms with Crippen LogP contribution >= 0.6 is 0 Å². The molecule has 0 aromatic carbocycles. The Morgan fingerprint density at radius 1 is 0.905 bits per heavy atom. The molecule has 0 saturated carbocycles. The summed E-state index contributed by atoms with van der Waals surface area (Å²) in [4.78, 5) is 22.7. The number of carboxylic acids is 2. The summed E-state index contributed by atoms with van der Waals surface area (Å²) in [5.74, 6) is -2.81. The van der Waals surface area contributed by atoms with E-state index in [-0.39, 0.29) is 37.4 Å². The molecule has 0 spiro atoms. The summed E-state index contributed by atoms with van der Waals surface area (Å²) in [6.07, 6.45) is 9.03. The molecule has 0 aliphatic carbocycles. The Kier molecular flexibility index (Phi) is 13.8. The van der Waals surface area contributed by atoms with Crippen LogP contribution in [0.4, 0.5) is 0 Å². The average molecular weight is 310 g/mol. The minimum Gasteiger partial charge on any atom is -1.00 e. The monoisotopic (exact) mass is 310 g/mol. The number of carbonyl (C=O) groups is 2. The molecule has 2 N–H and O–H groups in total. The van der Waals surface area contributed by atoms with Crippen LogP contribution in [-0.4, -0.2) is 22.2 Å². The van der Waals surface area contributed by atoms with Crippen molar-refractivity contribution in [3.8, 4) is 0 Å². The zero-order valence-corrected chi connectivity index (χ0v) is 16.2. The van der Waals surface area contributed by atoms with Crippen molar-refractivity contribution in [1.82, 2.24) is 0 Å². The molecule has 0 aliphatic heterocycles. The molecule has 0 aromatic rings. The molecule has 4 nitrogen and oxygen atoms in total. The average Bonchev–Trinajstić information content (AvgIpc) is 2.35. The van der Waals surface area contributed by atoms with Crippen molar-refractivity contribution in [2.24, 2.45) is 11.3 Å². The van der Waals surface area contributed by atoms with Gasteiger partial charge in [0.05, 0.1) is 0 Å². The first kappa shape index (κ1) is 23.2. The van der Waals surface area contributed by atoms with Crippen LogP contribution in [0.15, 0.2) is 0 Å². The number of carboxylic acid groups (broad SMARTS) is 2. The van der Waals surface area contributed by atoms with E-state index in [0.29, 0.717) is 6.42 Å². The SMILES string of the molecule is CCCCCCCCCCC(C(=O)O)(C(=O)O)C(C)C.[H-].[Na+]. The summed E-state index contributed by atoms with van der Waals surface area (Å²) in [6, 6.07) is 0. The zero-order chi connectivity index (χ0) is 15.6. The summed E-state index contributed by atoms with van der Waals surface area (Å²) in [5, 5.41) is 18.6. The number of hydrogen-bond donors (Lipinski definition) is 2. The number of aliphatic carboxylic acids is 2. The molecule has 0 saturated heterocycles. The fourth-order valence-corrected chi connectivity index (χ4v) is 2.63. The van der Waals surface area contributed by atoms with Crippen molar-refractivity contribution < 1.29 is 50.8 Å². The van der Waals surface area contributed by atoms with Crippen LogP contribution in [0.2, 0.25) is 0 Å². The van der Waals surface area contributed by atoms with Gasteiger partial charge in [0.1, 0.15) is 0 Å². The first-order valence-electron chi connectivity index (χ1n) is 7.86. The Balaban J connectivity index is -0.00000180. The molecular formula is C16H31NaO4. The van der Waals surface area contributed by atoms with E-state index in [0.717, 1.165) is 19.3 Å². The fraction of sp³-hybridized carbons (Fsp3) is 0.875. The van der Waals surface area contributed by atoms with E-state index < -0.39 is 23.3 Å². The smallest absolute Gasteiger partial charge is 1.00 e. The Morgan fingerprint density at radius 2 is 1.29 bits per heavy atom. The van der Waals surface area contributed by atoms with Gasteiger partial charge in [0.2, 0.25) is 0 Å². The van der Waals surface area contributed by atoms with Gasteiger partial charge in [0.15, 0.2) is 5.41 Å². The minimum atomic E-state index is -1.62. The van der Waals surface area contributed by atoms with Crippen LogP contribution in [-0.2, 0) is 9.59 Å². The van der Waals surface area contributed by atoms with Gasteiger partial charge in [-0.3, -0.25) is 9.59 Å². The van der Waals surface area contributed by atoms with Crippen molar-refractivity contribution in [3.63, 3.8) is 0 Å². The Morgan fingerprint density at radius 3 is 1.62 bits per heavy atom. The zero-order valence-electron chi connectivity index (χ0n) is 15.2. The maximum absolute atomic E-state index is 11.4. The van der Waals surface area contributed by atoms with E-state index >= 15 is 0 Å². The summed E-state index contributed by atoms with van der Waals surface area (Å²) in [6.45, 7) is 5.53. The Bertz CT molecular complexity index is 295. The standard InChI is InChI=1S/C16H30O4.Na.H/c1-4-5-6-7-8-9-10-11-12-16(13(2)3,14(17)18)15(19)20;;/h13H,4-12H2,1-3H3,(H,17,18)(H,19,20);;/q;+1;-1. The van der Waals surface area contributed by atoms with E-state index in [4.69, 9.17) is 0 Å². The normalized spacial score (nSPS) is 11.2. The molecule has 0 aliphatic rings. The number of unbranched alkanes of at least 4 members (excludes halogenated alkanes) is 7. The summed E-state index contributed by atoms with van der Waals surface area (Å²) < 4.78 is 0. The van der Waals surface area contributed by atoms with Crippen molar-refractivity contribution in [1.29, 1.82) is 0 Å². The molecule has 0 fully saturated rings. The number of rotatable bonds is 12. The molecule has 0 heterocycles. The van der Waals surface area contributed by atoms with Crippen LogP contribution in [0.25, 0.3) is 0 Å². The second-order valence-electron chi connectivity index (χ2n) is 5.96. The van der Waals surface area contributed by atoms with Gasteiger partial charge in [0, 0.05) is 0 Å². The maximum Gasteiger partial charge on any atom is 1.00 e. The van der Waals surface area contributed by atoms with Crippen LogP contribution in [0.3, 0.4) is 0 Å². The largest absolute Gasteiger partial charge is 1.00 e. The van der Waals surface area contributed by atoms with Crippen molar-refractivity contribution >= 4 is 11.9 Å². The van der Waals surface area contributed by atoms with Crippen LogP contribution in [0.1, 0.15) is 80.0 Å². The van der Waals surface area contributed by atoms with Gasteiger partial charge in [-0.15, -0.1) is 0 Å². The van der Waals surface area contributed by atoms with Gasteiger partial charge < -0.3 is 11.6 Å². The van der Waals surface area contributed by atoms with Gasteiger partial charge >= 0.3 is 41.5 Å². The second kappa shape index (κ2) is 12.5. The molecule has 0 radical (unpaired) electrons. The third-order valence-corrected chi connectivity index (χ3v) is 4.17. The Hall–Kier alpha value is -0.0600. The van der Waals surface area contributed by atoms with Crippen LogP contribution in [0, 0.1) is 11.3 Å². The molecule has 0 amide bonds. The number of hydrogen-bond acceptors (Lipinski definition) is 2. The molecule has 0 unspecified atom stereocenters. The molecule has 21 heavy (non-hydrogen) atoms. The summed E-state index contributed by atoms with van der Waals surface area (Å²) >= 11 is 0. The van der Waals surface area contributed by atoms with E-state index in [1.165, 1.54) is 25.7 Å². The molecule has 0 aromatic heterocycles. The van der Waals surface area contributed by atoms with Crippen molar-refractivity contribution in [3.05, 3.63) is 0 Å². The predicted octanol–water partition coefficient (Wildman–Crippen LogP) is 1.45. The molecule has 0 atom stereocenters. The molecular weight excluding hydrogens is 279 g/mol. The molecule has 5 heteroatoms. The third-order valence-electron chi connectivity index (χ3n) is 4.17. The fourth-order valence-electron chi connectivity index (χ4n) is 2.63. The molecule has 0 bridgehead atoms. The van der Waals surface area contributed by atoms with Crippen LogP contribution < -0.4 is 29.6 Å². The predicted molar refractivity (Wildman–Crippen MR) is 80.9 cm³/mol. The Labute approximate surface area is 152 Å². The van der Waals surface area contributed by atoms with Gasteiger partial charge in [-0.1, -0.05) is 72.1 Å². The van der Waals surface area contributed by atoms with Gasteiger partial charge in [0.25, 0.3) is 0 Å². The van der Waals surface area contributed by atoms with Crippen LogP contribution in [0.5, 0.6) is 0 Å². The van der Waals surface area contributed by atoms with Gasteiger partial charge in [-0.05, 0) is 12.3 Å². The maximum atomic E-state index is 11.4. The second-order valence-corrected chi connectivity index (χ2v) is 5.96. The van der Waals surface area contributed by atoms with Gasteiger partial charge in [-0.25, -0.2) is 0 Å². The molecule has 120 valence electrons. The van der Waals surface area contributed by atoms with E-state index in [2.05, 4.69) is 6.92 Å². The quantitative estimate of drug-likeness (QED) is 0.325. The summed E-state index contributed by atoms with van der Waals surface area (Å²) in [5.41, 5.74) is -1.62. The van der Waals surface area contributed by atoms with Gasteiger partial charge in [-0.2, -0.15) is 0 Å². The minimum absolute atomic E-state index is 0. The van der Waals surface area contributed by atoms with E-state index in [9.17, 15) is 19.8 Å². The van der Waals surface area contributed by atoms with E-state index in [1.807, 2.05) is 0 Å². The molecule has 0 rings (SSSR count). The van der Waals surface area contributed by atoms with Crippen molar-refractivity contribution in [2.75, 3.05) is 0 Å². The topological polar surface area (TPSA) is 74.6 Å².